The Labute approximate surface area is 357 Å². The second-order valence-electron chi connectivity index (χ2n) is 12.1. The number of piperazine rings is 1. The number of amides is 7. The Morgan fingerprint density at radius 2 is 1.81 bits per heavy atom. The minimum absolute atomic E-state index is 0. The molecule has 3 aromatic rings. The number of hydrazine groups is 1. The first-order chi connectivity index (χ1) is 26.8. The van der Waals surface area contributed by atoms with Crippen molar-refractivity contribution in [2.45, 2.75) is 28.3 Å². The van der Waals surface area contributed by atoms with Gasteiger partial charge in [0.05, 0.1) is 18.2 Å². The van der Waals surface area contributed by atoms with Gasteiger partial charge in [0.15, 0.2) is 21.9 Å². The maximum atomic E-state index is 14.2. The van der Waals surface area contributed by atoms with Gasteiger partial charge in [-0.15, -0.1) is 22.0 Å². The minimum Gasteiger partial charge on any atom is -0.543 e. The van der Waals surface area contributed by atoms with Gasteiger partial charge in [0.2, 0.25) is 23.6 Å². The number of nitrogens with zero attached hydrogens (tertiary/aromatic N) is 6. The molecule has 0 aliphatic carbocycles. The van der Waals surface area contributed by atoms with E-state index < -0.39 is 69.8 Å². The number of carboxylic acid groups (broad SMARTS) is 1. The van der Waals surface area contributed by atoms with Crippen LogP contribution in [0.25, 0.3) is 0 Å². The van der Waals surface area contributed by atoms with E-state index in [1.807, 2.05) is 0 Å². The van der Waals surface area contributed by atoms with Crippen LogP contribution in [0.3, 0.4) is 0 Å². The van der Waals surface area contributed by atoms with Crippen molar-refractivity contribution < 1.29 is 83.2 Å². The fourth-order valence-electron chi connectivity index (χ4n) is 6.16. The zero-order valence-corrected chi connectivity index (χ0v) is 34.4. The second kappa shape index (κ2) is 17.9. The number of hydrogen-bond donors (Lipinski definition) is 5. The third-order valence-corrected chi connectivity index (χ3v) is 12.3. The fraction of sp³-hybridized carbons (Fsp3) is 0.273. The van der Waals surface area contributed by atoms with Crippen molar-refractivity contribution >= 4 is 88.3 Å². The van der Waals surface area contributed by atoms with E-state index in [2.05, 4.69) is 26.1 Å². The quantitative estimate of drug-likeness (QED) is 0.0141. The summed E-state index contributed by atoms with van der Waals surface area (Å²) >= 11 is 3.03. The molecule has 20 nitrogen and oxygen atoms in total. The monoisotopic (exact) mass is 847 g/mol. The van der Waals surface area contributed by atoms with Crippen molar-refractivity contribution in [2.24, 2.45) is 0 Å². The SMILES string of the molecule is CCN1CCN(N(C=O)C(C(=O)N[C@]2(NC=O)C(=O)N3C(C(=O)[O-])=C(CSc4nnc(NC(=O)c5ccc(O)c(O)c5)s4)CS[C@H]32)c2ccccc2)C(=O)C1=O.[Na+]. The molecule has 57 heavy (non-hydrogen) atoms. The average molecular weight is 848 g/mol. The molecule has 5 N–H and O–H groups in total. The standard InChI is InChI=1S/C33H31N9O11S3.Na/c1-2-39-10-11-40(27(50)26(39)49)41(16-44)22(17-6-4-3-5-7-17)25(48)36-33(34-15-43)29(53)42-23(28(51)52)19(13-54-30(33)42)14-55-32-38-37-31(56-32)35-24(47)18-8-9-20(45)21(46)12-18;/h3-9,12,15-16,22,30,45-46H,2,10-11,13-14H2,1H3,(H,34,43)(H,36,48)(H,51,52)(H,35,37,47);/q;+1/p-1/t22?,30-,33+;/m0./s1. The van der Waals surface area contributed by atoms with Gasteiger partial charge in [-0.25, -0.2) is 10.0 Å². The predicted molar refractivity (Wildman–Crippen MR) is 195 cm³/mol. The molecule has 3 atom stereocenters. The Hall–Kier alpha value is -5.20. The van der Waals surface area contributed by atoms with E-state index in [9.17, 15) is 53.7 Å². The molecule has 24 heteroatoms. The summed E-state index contributed by atoms with van der Waals surface area (Å²) < 4.78 is 0.313. The Balaban J connectivity index is 0.00000620. The maximum absolute atomic E-state index is 14.2. The summed E-state index contributed by atoms with van der Waals surface area (Å²) in [4.78, 5) is 106. The van der Waals surface area contributed by atoms with Crippen LogP contribution in [0.2, 0.25) is 0 Å². The number of hydrogen-bond acceptors (Lipinski definition) is 16. The molecule has 292 valence electrons. The Morgan fingerprint density at radius 1 is 1.07 bits per heavy atom. The molecule has 0 spiro atoms. The summed E-state index contributed by atoms with van der Waals surface area (Å²) in [5.41, 5.74) is -2.25. The van der Waals surface area contributed by atoms with Crippen molar-refractivity contribution in [3.8, 4) is 11.5 Å². The molecule has 1 unspecified atom stereocenters. The largest absolute Gasteiger partial charge is 1.00 e. The van der Waals surface area contributed by atoms with Crippen LogP contribution in [0.1, 0.15) is 28.9 Å². The van der Waals surface area contributed by atoms with Crippen LogP contribution in [-0.2, 0) is 33.6 Å². The molecular formula is C33H30N9NaO11S3. The smallest absolute Gasteiger partial charge is 0.543 e. The second-order valence-corrected chi connectivity index (χ2v) is 15.3. The van der Waals surface area contributed by atoms with Gasteiger partial charge in [0.1, 0.15) is 5.37 Å². The Kier molecular flexibility index (Phi) is 13.5. The van der Waals surface area contributed by atoms with Crippen molar-refractivity contribution in [3.05, 3.63) is 70.9 Å². The van der Waals surface area contributed by atoms with Crippen LogP contribution in [0, 0.1) is 0 Å². The van der Waals surface area contributed by atoms with Crippen molar-refractivity contribution in [2.75, 3.05) is 36.5 Å². The van der Waals surface area contributed by atoms with Gasteiger partial charge in [-0.1, -0.05) is 53.4 Å². The first-order valence-corrected chi connectivity index (χ1v) is 19.3. The molecule has 0 radical (unpaired) electrons. The molecule has 7 amide bonds. The molecule has 0 bridgehead atoms. The number of carboxylic acids is 1. The van der Waals surface area contributed by atoms with E-state index >= 15 is 0 Å². The third kappa shape index (κ3) is 8.29. The van der Waals surface area contributed by atoms with Crippen LogP contribution < -0.4 is 50.6 Å². The van der Waals surface area contributed by atoms with Crippen molar-refractivity contribution in [1.82, 2.24) is 40.6 Å². The molecule has 2 aromatic carbocycles. The first kappa shape index (κ1) is 42.9. The first-order valence-electron chi connectivity index (χ1n) is 16.5. The van der Waals surface area contributed by atoms with Crippen LogP contribution in [0.4, 0.5) is 5.13 Å². The van der Waals surface area contributed by atoms with E-state index in [1.165, 1.54) is 23.1 Å². The van der Waals surface area contributed by atoms with Crippen molar-refractivity contribution in [3.63, 3.8) is 0 Å². The number of carbonyl (C=O) groups is 8. The van der Waals surface area contributed by atoms with E-state index in [1.54, 1.807) is 25.1 Å². The number of thioether (sulfide) groups is 2. The molecule has 0 saturated carbocycles. The fourth-order valence-corrected chi connectivity index (χ4v) is 9.48. The zero-order valence-electron chi connectivity index (χ0n) is 29.9. The summed E-state index contributed by atoms with van der Waals surface area (Å²) in [5, 5.41) is 47.4. The van der Waals surface area contributed by atoms with E-state index in [-0.39, 0.29) is 95.3 Å². The van der Waals surface area contributed by atoms with Gasteiger partial charge >= 0.3 is 41.4 Å². The summed E-state index contributed by atoms with van der Waals surface area (Å²) in [7, 11) is 0. The number of rotatable bonds is 15. The molecule has 3 aliphatic heterocycles. The number of carbonyl (C=O) groups excluding carboxylic acids is 8. The number of likely N-dealkylation sites (N-methyl/N-ethyl adjacent to an activating group) is 1. The molecule has 1 aromatic heterocycles. The van der Waals surface area contributed by atoms with Crippen LogP contribution in [-0.4, -0.2) is 131 Å². The third-order valence-electron chi connectivity index (χ3n) is 8.87. The van der Waals surface area contributed by atoms with Gasteiger partial charge in [0.25, 0.3) is 17.7 Å². The molecule has 4 heterocycles. The number of benzene rings is 2. The summed E-state index contributed by atoms with van der Waals surface area (Å²) in [6, 6.07) is 9.59. The van der Waals surface area contributed by atoms with Crippen LogP contribution >= 0.6 is 34.9 Å². The number of nitrogens with one attached hydrogen (secondary N) is 3. The number of phenolic OH excluding ortho intramolecular Hbond substituents is 2. The minimum atomic E-state index is -2.20. The maximum Gasteiger partial charge on any atom is 1.00 e. The van der Waals surface area contributed by atoms with Crippen LogP contribution in [0.15, 0.2) is 64.1 Å². The number of phenols is 2. The van der Waals surface area contributed by atoms with Gasteiger partial charge in [-0.05, 0) is 36.3 Å². The van der Waals surface area contributed by atoms with Gasteiger partial charge in [-0.3, -0.25) is 43.8 Å². The predicted octanol–water partition coefficient (Wildman–Crippen LogP) is -4.42. The van der Waals surface area contributed by atoms with Gasteiger partial charge < -0.3 is 35.6 Å². The number of β-lactam (4-membered cyclic amide) rings is 1. The van der Waals surface area contributed by atoms with E-state index in [0.29, 0.717) is 4.34 Å². The number of fused-ring (bicyclic) bond motifs is 1. The zero-order chi connectivity index (χ0) is 40.3. The van der Waals surface area contributed by atoms with Gasteiger partial charge in [-0.2, -0.15) is 0 Å². The molecule has 2 saturated heterocycles. The number of anilines is 1. The normalized spacial score (nSPS) is 19.4. The van der Waals surface area contributed by atoms with E-state index in [0.717, 1.165) is 61.9 Å². The number of aliphatic carboxylic acids is 1. The van der Waals surface area contributed by atoms with Crippen LogP contribution in [0.5, 0.6) is 11.5 Å². The molecule has 3 aliphatic rings. The average Bonchev–Trinajstić information content (AvgIpc) is 3.64. The van der Waals surface area contributed by atoms with Crippen molar-refractivity contribution in [1.29, 1.82) is 0 Å². The number of aromatic hydroxyl groups is 2. The molecule has 6 rings (SSSR count). The van der Waals surface area contributed by atoms with Gasteiger partial charge in [0, 0.05) is 30.2 Å². The number of aromatic nitrogens is 2. The molecular weight excluding hydrogens is 818 g/mol. The topological polar surface area (TPSA) is 275 Å². The summed E-state index contributed by atoms with van der Waals surface area (Å²) in [6.07, 6.45) is 0.354. The Bertz CT molecular complexity index is 2160. The summed E-state index contributed by atoms with van der Waals surface area (Å²) in [5.74, 6) is -7.32. The molecule has 2 fully saturated rings. The summed E-state index contributed by atoms with van der Waals surface area (Å²) in [6.45, 7) is 1.85. The Morgan fingerprint density at radius 3 is 2.46 bits per heavy atom. The van der Waals surface area contributed by atoms with E-state index in [4.69, 9.17) is 0 Å².